The van der Waals surface area contributed by atoms with E-state index in [0.29, 0.717) is 85.9 Å². The first-order valence-electron chi connectivity index (χ1n) is 42.6. The molecule has 0 amide bonds. The van der Waals surface area contributed by atoms with E-state index in [-0.39, 0.29) is 78.8 Å². The van der Waals surface area contributed by atoms with Gasteiger partial charge in [0.2, 0.25) is 0 Å². The van der Waals surface area contributed by atoms with Gasteiger partial charge >= 0.3 is 5.97 Å². The van der Waals surface area contributed by atoms with Gasteiger partial charge in [0.1, 0.15) is 28.9 Å². The number of aromatic amines is 1. The zero-order valence-electron chi connectivity index (χ0n) is 76.5. The Labute approximate surface area is 902 Å². The summed E-state index contributed by atoms with van der Waals surface area (Å²) in [6, 6.07) is 72.7. The molecular formula is C106H117ClI7N10O9V-. The average Bonchev–Trinajstić information content (AvgIpc) is 1.61. The predicted octanol–water partition coefficient (Wildman–Crippen LogP) is 27.4. The molecule has 0 atom stereocenters. The fourth-order valence-electron chi connectivity index (χ4n) is 14.8. The van der Waals surface area contributed by atoms with Gasteiger partial charge in [-0.05, 0) is 304 Å². The van der Waals surface area contributed by atoms with E-state index in [1.165, 1.54) is 36.4 Å². The van der Waals surface area contributed by atoms with Crippen LogP contribution in [0.1, 0.15) is 193 Å². The van der Waals surface area contributed by atoms with Gasteiger partial charge in [-0.2, -0.15) is 15.8 Å². The minimum atomic E-state index is -0.780. The molecule has 1 aliphatic heterocycles. The van der Waals surface area contributed by atoms with Crippen LogP contribution in [0.2, 0.25) is 0 Å². The van der Waals surface area contributed by atoms with E-state index in [4.69, 9.17) is 44.0 Å². The van der Waals surface area contributed by atoms with Crippen LogP contribution in [0, 0.1) is 66.6 Å². The Kier molecular flexibility index (Phi) is 58.0. The van der Waals surface area contributed by atoms with E-state index in [9.17, 15) is 38.4 Å². The number of carboxylic acids is 1. The zero-order valence-corrected chi connectivity index (χ0v) is 93.8. The smallest absolute Gasteiger partial charge is 0.303 e. The summed E-state index contributed by atoms with van der Waals surface area (Å²) in [5.74, 6) is 0.157. The molecular weight excluding hydrogens is 2530 g/mol. The maximum Gasteiger partial charge on any atom is 0.303 e. The Morgan fingerprint density at radius 3 is 1.13 bits per heavy atom. The number of carbonyl (C=O) groups is 8. The van der Waals surface area contributed by atoms with Gasteiger partial charge in [0.15, 0.2) is 11.6 Å². The van der Waals surface area contributed by atoms with Gasteiger partial charge in [-0.25, -0.2) is 0 Å². The Hall–Kier alpha value is -7.69. The van der Waals surface area contributed by atoms with Crippen molar-refractivity contribution in [3.05, 3.63) is 295 Å². The van der Waals surface area contributed by atoms with Crippen molar-refractivity contribution in [1.29, 1.82) is 15.8 Å². The molecule has 14 rings (SSSR count). The van der Waals surface area contributed by atoms with Crippen LogP contribution in [-0.4, -0.2) is 108 Å². The first-order chi connectivity index (χ1) is 63.2. The molecule has 5 heterocycles. The molecule has 0 bridgehead atoms. The minimum absolute atomic E-state index is 0. The number of aryl methyl sites for hydroxylation is 8. The molecule has 1 fully saturated rings. The molecule has 4 aromatic heterocycles. The molecule has 707 valence electrons. The van der Waals surface area contributed by atoms with E-state index in [0.717, 1.165) is 146 Å². The van der Waals surface area contributed by atoms with Crippen LogP contribution < -0.4 is 11.5 Å². The number of anilines is 2. The van der Waals surface area contributed by atoms with Crippen molar-refractivity contribution in [1.82, 2.24) is 23.6 Å². The van der Waals surface area contributed by atoms with Crippen LogP contribution in [0.15, 0.2) is 206 Å². The first-order valence-corrected chi connectivity index (χ1v) is 53.6. The maximum absolute atomic E-state index is 13.5. The van der Waals surface area contributed by atoms with Gasteiger partial charge in [0.25, 0.3) is 0 Å². The van der Waals surface area contributed by atoms with E-state index < -0.39 is 5.97 Å². The van der Waals surface area contributed by atoms with Gasteiger partial charge in [-0.15, -0.1) is 11.6 Å². The number of rotatable bonds is 26. The largest absolute Gasteiger partial charge is 0.481 e. The third-order valence-electron chi connectivity index (χ3n) is 21.0. The molecule has 1 saturated heterocycles. The monoisotopic (exact) mass is 2650 g/mol. The molecule has 19 nitrogen and oxygen atoms in total. The third-order valence-corrected chi connectivity index (χ3v) is 21.3. The maximum atomic E-state index is 13.5. The van der Waals surface area contributed by atoms with Gasteiger partial charge in [0, 0.05) is 141 Å². The summed E-state index contributed by atoms with van der Waals surface area (Å²) >= 11 is 21.4. The number of halogens is 8. The van der Waals surface area contributed by atoms with E-state index in [1.807, 2.05) is 161 Å². The zero-order chi connectivity index (χ0) is 97.7. The molecule has 134 heavy (non-hydrogen) atoms. The molecule has 0 spiro atoms. The minimum Gasteiger partial charge on any atom is -0.481 e. The Morgan fingerprint density at radius 1 is 0.448 bits per heavy atom. The van der Waals surface area contributed by atoms with Gasteiger partial charge < -0.3 is 81.8 Å². The number of likely N-dealkylation sites (tertiary alicyclic amines) is 1. The fraction of sp³-hybridized carbons (Fsp3) is 0.302. The van der Waals surface area contributed by atoms with Crippen molar-refractivity contribution in [2.45, 2.75) is 166 Å². The SMILES string of the molecule is C.CC(=O)CCc1ccc2c(C(=O)CCl)c(C)n(-c3ccc(C#N)cc3)c2c1.CC(=O)CCc1ccc2c(C(=O)CN3CCCCC3)c(C)n(-c3ccc(C#N)cc3)c2c1.CC(=O)CCc1ccc2cc(C)[nH]c2c1.CC(=O)CCc1ccc2cc(C)n(-c3ccc(C#N)cc3)c2c1.CC(=O)CCc1cccc(N)c1.CI.IC(I)I.ICI.Nc1cccc(CCC(=O)O)c1.[CH2-]I.[V]. The molecule has 0 unspecified atom stereocenters. The number of nitrogen functional groups attached to an aromatic ring is 2. The summed E-state index contributed by atoms with van der Waals surface area (Å²) in [5.41, 5.74) is 33.4. The van der Waals surface area contributed by atoms with E-state index >= 15 is 0 Å². The number of piperidine rings is 1. The Bertz CT molecular complexity index is 6100. The summed E-state index contributed by atoms with van der Waals surface area (Å²) in [4.78, 5) is 102. The number of alkyl halides is 7. The quantitative estimate of drug-likeness (QED) is 0.0129. The first kappa shape index (κ1) is 120. The van der Waals surface area contributed by atoms with Gasteiger partial charge in [0.05, 0.1) is 66.3 Å². The molecule has 0 saturated carbocycles. The second kappa shape index (κ2) is 64.5. The number of nitrogens with one attached hydrogen (secondary N) is 1. The van der Waals surface area contributed by atoms with Crippen molar-refractivity contribution in [2.75, 3.05) is 44.3 Å². The van der Waals surface area contributed by atoms with Crippen molar-refractivity contribution in [3.8, 4) is 35.3 Å². The number of ketones is 7. The van der Waals surface area contributed by atoms with E-state index in [2.05, 4.69) is 246 Å². The summed E-state index contributed by atoms with van der Waals surface area (Å²) in [6.45, 7) is 18.5. The topological polar surface area (TPSA) is 314 Å². The second-order valence-electron chi connectivity index (χ2n) is 31.2. The Balaban J connectivity index is 0.000000416. The number of nitrogens with zero attached hydrogens (tertiary/aromatic N) is 7. The van der Waals surface area contributed by atoms with Crippen LogP contribution in [0.5, 0.6) is 0 Å². The standard InChI is InChI=1S/C27H29N3O2.C22H19ClN2O2.C20H18N2O.C13H15NO.C10H13NO.C9H11NO2.CHI3.CH2I2.CH3I.CH2I.CH4.V/c1-19(31)6-7-21-10-13-24-25(16-21)30(23-11-8-22(17-28)9-12-23)20(2)27(24)26(32)18-29-14-4-3-5-15-29;1-14(26)3-4-16-7-10-19-20(11-16)25(15(2)22(19)21(27)12-23)18-8-5-17(13-24)6-9-18;1-14-11-18-8-5-16(4-3-15(2)23)12-20(18)22(14)19-9-6-17(13-21)7-10-19;1-9-7-12-6-5-11(4-3-10(2)15)8-13(12)14-9;1-8(12)5-6-9-3-2-4-10(11)7-9;10-8-3-1-2-7(6-8)4-5-9(11)12;2-1(3)4;2-1-3;2*1-2;;/h8-13,16H,3-7,14-15,18H2,1-2H3;5-11H,3-4,12H2,1-2H3;5-12H,3-4H2,1-2H3;5-8,14H,3-4H2,1-2H3;2-4,7H,5-6,11H2,1H3;1-3,6H,4-5,10H2,(H,11,12);1H;1H2;1H3;1H2;1H4;/q;;;;;;;;;-1;;. The number of carbonyl (C=O) groups excluding carboxylic acids is 7. The average molecular weight is 2650 g/mol. The number of aromatic nitrogens is 4. The summed E-state index contributed by atoms with van der Waals surface area (Å²) in [5, 5.41) is 39.8. The molecule has 6 N–H and O–H groups in total. The van der Waals surface area contributed by atoms with Crippen LogP contribution in [-0.2, 0) is 85.8 Å². The second-order valence-corrected chi connectivity index (χ2v) is 46.8. The number of hydrogen-bond donors (Lipinski definition) is 4. The normalized spacial score (nSPS) is 10.9. The molecule has 9 aromatic carbocycles. The third kappa shape index (κ3) is 40.4. The number of nitriles is 3. The summed E-state index contributed by atoms with van der Waals surface area (Å²) in [7, 11) is 0. The Morgan fingerprint density at radius 2 is 0.776 bits per heavy atom. The molecule has 1 aliphatic rings. The predicted molar refractivity (Wildman–Crippen MR) is 608 cm³/mol. The van der Waals surface area contributed by atoms with Crippen LogP contribution in [0.25, 0.3) is 60.7 Å². The van der Waals surface area contributed by atoms with Crippen LogP contribution in [0.3, 0.4) is 0 Å². The van der Waals surface area contributed by atoms with Crippen molar-refractivity contribution in [2.24, 2.45) is 0 Å². The van der Waals surface area contributed by atoms with Crippen molar-refractivity contribution in [3.63, 3.8) is 0 Å². The number of benzene rings is 9. The van der Waals surface area contributed by atoms with Gasteiger partial charge in [-0.3, -0.25) is 24.2 Å². The number of fused-ring (bicyclic) bond motifs is 4. The van der Waals surface area contributed by atoms with Gasteiger partial charge in [-0.1, -0.05) is 222 Å². The number of aliphatic carboxylic acids is 1. The number of hydrogen-bond acceptors (Lipinski definition) is 14. The molecule has 28 heteroatoms. The number of H-pyrrole nitrogens is 1. The molecule has 1 radical (unpaired) electrons. The summed E-state index contributed by atoms with van der Waals surface area (Å²) < 4.78 is 8.24. The van der Waals surface area contributed by atoms with Crippen LogP contribution in [0.4, 0.5) is 11.4 Å². The summed E-state index contributed by atoms with van der Waals surface area (Å²) in [6.07, 6.45) is 10.8. The number of Topliss-reactive ketones (excluding diaryl/α,β-unsaturated/α-hetero) is 7. The fourth-order valence-corrected chi connectivity index (χ4v) is 15.0. The number of nitrogens with two attached hydrogens (primary N) is 2. The van der Waals surface area contributed by atoms with Crippen LogP contribution >= 0.6 is 170 Å². The van der Waals surface area contributed by atoms with Crippen molar-refractivity contribution >= 4 is 271 Å². The molecule has 13 aromatic rings. The van der Waals surface area contributed by atoms with E-state index in [1.54, 1.807) is 71.0 Å². The molecule has 0 aliphatic carbocycles. The number of carboxylic acid groups (broad SMARTS) is 1. The van der Waals surface area contributed by atoms with Crippen molar-refractivity contribution < 1.29 is 62.0 Å².